The number of fused-ring (bicyclic) bond motifs is 2. The number of hydrogen-bond donors (Lipinski definition) is 1. The van der Waals surface area contributed by atoms with E-state index in [2.05, 4.69) is 4.98 Å². The van der Waals surface area contributed by atoms with Crippen LogP contribution in [0, 0.1) is 12.7 Å². The van der Waals surface area contributed by atoms with Crippen LogP contribution in [0.3, 0.4) is 0 Å². The zero-order valence-electron chi connectivity index (χ0n) is 16.7. The molecule has 0 unspecified atom stereocenters. The maximum Gasteiger partial charge on any atom is 0.249 e. The monoisotopic (exact) mass is 406 g/mol. The molecule has 0 aliphatic heterocycles. The SMILES string of the molecule is COc1cc2nccc(Oc3ccc4c(C(N)=O)cc(C)cc4c3F)c2cc1OC. The summed E-state index contributed by atoms with van der Waals surface area (Å²) < 4.78 is 31.9. The standard InChI is InChI=1S/C23H19FN2O4/c1-12-8-14-13(15(9-12)23(25)27)4-5-19(22(14)24)30-18-6-7-26-17-11-21(29-3)20(28-2)10-16(17)18/h4-11H,1-3H3,(H2,25,27). The molecule has 6 nitrogen and oxygen atoms in total. The number of halogens is 1. The van der Waals surface area contributed by atoms with E-state index < -0.39 is 11.7 Å². The van der Waals surface area contributed by atoms with Gasteiger partial charge in [-0.05, 0) is 54.3 Å². The smallest absolute Gasteiger partial charge is 0.249 e. The molecular weight excluding hydrogens is 387 g/mol. The minimum atomic E-state index is -0.613. The quantitative estimate of drug-likeness (QED) is 0.517. The number of amides is 1. The number of rotatable bonds is 5. The number of pyridine rings is 1. The summed E-state index contributed by atoms with van der Waals surface area (Å²) in [7, 11) is 3.07. The molecule has 0 saturated carbocycles. The normalized spacial score (nSPS) is 10.9. The number of benzene rings is 3. The highest BCUT2D eigenvalue weighted by Crippen LogP contribution is 2.38. The Balaban J connectivity index is 1.86. The van der Waals surface area contributed by atoms with Crippen LogP contribution in [0.5, 0.6) is 23.0 Å². The van der Waals surface area contributed by atoms with Gasteiger partial charge in [0.25, 0.3) is 0 Å². The van der Waals surface area contributed by atoms with Crippen molar-refractivity contribution < 1.29 is 23.4 Å². The summed E-state index contributed by atoms with van der Waals surface area (Å²) in [4.78, 5) is 16.1. The van der Waals surface area contributed by atoms with Gasteiger partial charge in [0.2, 0.25) is 5.91 Å². The molecular formula is C23H19FN2O4. The second-order valence-corrected chi connectivity index (χ2v) is 6.79. The van der Waals surface area contributed by atoms with Gasteiger partial charge in [0.15, 0.2) is 23.1 Å². The molecule has 0 spiro atoms. The van der Waals surface area contributed by atoms with Gasteiger partial charge >= 0.3 is 0 Å². The molecule has 2 N–H and O–H groups in total. The molecule has 0 atom stereocenters. The van der Waals surface area contributed by atoms with E-state index in [0.717, 1.165) is 5.56 Å². The van der Waals surface area contributed by atoms with Gasteiger partial charge < -0.3 is 19.9 Å². The molecule has 0 fully saturated rings. The summed E-state index contributed by atoms with van der Waals surface area (Å²) in [6.07, 6.45) is 1.57. The molecule has 1 aromatic heterocycles. The zero-order chi connectivity index (χ0) is 21.4. The van der Waals surface area contributed by atoms with Crippen LogP contribution in [0.4, 0.5) is 4.39 Å². The molecule has 7 heteroatoms. The first-order chi connectivity index (χ1) is 14.4. The van der Waals surface area contributed by atoms with E-state index in [0.29, 0.717) is 33.5 Å². The lowest BCUT2D eigenvalue weighted by Crippen LogP contribution is -2.12. The third kappa shape index (κ3) is 3.24. The maximum atomic E-state index is 15.3. The lowest BCUT2D eigenvalue weighted by molar-refractivity contribution is 0.100. The fourth-order valence-corrected chi connectivity index (χ4v) is 3.46. The Morgan fingerprint density at radius 1 is 0.900 bits per heavy atom. The third-order valence-corrected chi connectivity index (χ3v) is 4.87. The van der Waals surface area contributed by atoms with Crippen molar-refractivity contribution in [1.82, 2.24) is 4.98 Å². The molecule has 3 aromatic carbocycles. The predicted molar refractivity (Wildman–Crippen MR) is 112 cm³/mol. The molecule has 1 heterocycles. The summed E-state index contributed by atoms with van der Waals surface area (Å²) in [5.41, 5.74) is 7.05. The lowest BCUT2D eigenvalue weighted by Gasteiger charge is -2.14. The number of aromatic nitrogens is 1. The van der Waals surface area contributed by atoms with Gasteiger partial charge in [0.1, 0.15) is 5.75 Å². The van der Waals surface area contributed by atoms with Crippen LogP contribution >= 0.6 is 0 Å². The van der Waals surface area contributed by atoms with Crippen molar-refractivity contribution >= 4 is 27.6 Å². The van der Waals surface area contributed by atoms with Gasteiger partial charge in [-0.25, -0.2) is 4.39 Å². The molecule has 0 bridgehead atoms. The summed E-state index contributed by atoms with van der Waals surface area (Å²) in [5, 5.41) is 1.33. The van der Waals surface area contributed by atoms with Gasteiger partial charge in [0, 0.05) is 28.6 Å². The van der Waals surface area contributed by atoms with Crippen LogP contribution in [-0.2, 0) is 0 Å². The number of carbonyl (C=O) groups excluding carboxylic acids is 1. The van der Waals surface area contributed by atoms with Gasteiger partial charge in [-0.15, -0.1) is 0 Å². The minimum absolute atomic E-state index is 0.0193. The van der Waals surface area contributed by atoms with Gasteiger partial charge in [-0.3, -0.25) is 9.78 Å². The van der Waals surface area contributed by atoms with Crippen LogP contribution < -0.4 is 19.9 Å². The second kappa shape index (κ2) is 7.51. The van der Waals surface area contributed by atoms with Crippen molar-refractivity contribution in [3.05, 3.63) is 65.6 Å². The number of methoxy groups -OCH3 is 2. The molecule has 1 amide bonds. The van der Waals surface area contributed by atoms with Crippen LogP contribution in [0.25, 0.3) is 21.7 Å². The van der Waals surface area contributed by atoms with E-state index >= 15 is 4.39 Å². The van der Waals surface area contributed by atoms with Crippen molar-refractivity contribution in [2.24, 2.45) is 5.73 Å². The number of nitrogens with two attached hydrogens (primary N) is 1. The fourth-order valence-electron chi connectivity index (χ4n) is 3.46. The number of ether oxygens (including phenoxy) is 3. The molecule has 0 aliphatic carbocycles. The first-order valence-corrected chi connectivity index (χ1v) is 9.14. The van der Waals surface area contributed by atoms with E-state index in [-0.39, 0.29) is 16.7 Å². The molecule has 0 radical (unpaired) electrons. The Hall–Kier alpha value is -3.87. The number of nitrogens with zero attached hydrogens (tertiary/aromatic N) is 1. The summed E-state index contributed by atoms with van der Waals surface area (Å²) in [5.74, 6) is 0.263. The van der Waals surface area contributed by atoms with Crippen molar-refractivity contribution in [2.75, 3.05) is 14.2 Å². The summed E-state index contributed by atoms with van der Waals surface area (Å²) in [6.45, 7) is 1.77. The fraction of sp³-hybridized carbons (Fsp3) is 0.130. The summed E-state index contributed by atoms with van der Waals surface area (Å²) >= 11 is 0. The number of primary amides is 1. The predicted octanol–water partition coefficient (Wildman–Crippen LogP) is 4.74. The zero-order valence-corrected chi connectivity index (χ0v) is 16.7. The van der Waals surface area contributed by atoms with Crippen molar-refractivity contribution in [3.8, 4) is 23.0 Å². The highest BCUT2D eigenvalue weighted by molar-refractivity contribution is 6.07. The van der Waals surface area contributed by atoms with Crippen LogP contribution in [0.1, 0.15) is 15.9 Å². The van der Waals surface area contributed by atoms with Crippen LogP contribution in [0.2, 0.25) is 0 Å². The van der Waals surface area contributed by atoms with Gasteiger partial charge in [-0.1, -0.05) is 0 Å². The Kier molecular flexibility index (Phi) is 4.87. The molecule has 4 rings (SSSR count). The molecule has 152 valence electrons. The molecule has 0 saturated heterocycles. The van der Waals surface area contributed by atoms with Crippen molar-refractivity contribution in [3.63, 3.8) is 0 Å². The Morgan fingerprint density at radius 2 is 1.63 bits per heavy atom. The Labute approximate surface area is 172 Å². The van der Waals surface area contributed by atoms with Crippen LogP contribution in [-0.4, -0.2) is 25.1 Å². The number of carbonyl (C=O) groups is 1. The average Bonchev–Trinajstić information content (AvgIpc) is 2.74. The maximum absolute atomic E-state index is 15.3. The van der Waals surface area contributed by atoms with E-state index in [1.165, 1.54) is 20.3 Å². The first-order valence-electron chi connectivity index (χ1n) is 9.14. The largest absolute Gasteiger partial charge is 0.493 e. The Morgan fingerprint density at radius 3 is 2.33 bits per heavy atom. The molecule has 0 aliphatic rings. The van der Waals surface area contributed by atoms with E-state index in [4.69, 9.17) is 19.9 Å². The minimum Gasteiger partial charge on any atom is -0.493 e. The second-order valence-electron chi connectivity index (χ2n) is 6.79. The van der Waals surface area contributed by atoms with Crippen molar-refractivity contribution in [1.29, 1.82) is 0 Å². The third-order valence-electron chi connectivity index (χ3n) is 4.87. The van der Waals surface area contributed by atoms with Gasteiger partial charge in [0.05, 0.1) is 19.7 Å². The van der Waals surface area contributed by atoms with E-state index in [1.54, 1.807) is 49.5 Å². The van der Waals surface area contributed by atoms with E-state index in [1.807, 2.05) is 0 Å². The van der Waals surface area contributed by atoms with E-state index in [9.17, 15) is 4.79 Å². The molecule has 4 aromatic rings. The first kappa shape index (κ1) is 19.4. The average molecular weight is 406 g/mol. The highest BCUT2D eigenvalue weighted by atomic mass is 19.1. The summed E-state index contributed by atoms with van der Waals surface area (Å²) in [6, 6.07) is 11.5. The number of hydrogen-bond acceptors (Lipinski definition) is 5. The number of aryl methyl sites for hydroxylation is 1. The topological polar surface area (TPSA) is 83.7 Å². The van der Waals surface area contributed by atoms with Gasteiger partial charge in [-0.2, -0.15) is 0 Å². The highest BCUT2D eigenvalue weighted by Gasteiger charge is 2.17. The Bertz CT molecular complexity index is 1300. The van der Waals surface area contributed by atoms with Crippen LogP contribution in [0.15, 0.2) is 48.7 Å². The molecule has 30 heavy (non-hydrogen) atoms. The van der Waals surface area contributed by atoms with Crippen molar-refractivity contribution in [2.45, 2.75) is 6.92 Å². The lowest BCUT2D eigenvalue weighted by atomic mass is 10.00.